The first-order valence-corrected chi connectivity index (χ1v) is 20.0. The number of alkyl halides is 6. The lowest BCUT2D eigenvalue weighted by atomic mass is 10.1. The highest BCUT2D eigenvalue weighted by molar-refractivity contribution is 6.38. The molecule has 0 aliphatic heterocycles. The number of amides is 1. The van der Waals surface area contributed by atoms with Gasteiger partial charge in [0.15, 0.2) is 11.5 Å². The third-order valence-corrected chi connectivity index (χ3v) is 10.2. The number of carboxylic acid groups (broad SMARTS) is 2. The van der Waals surface area contributed by atoms with Crippen LogP contribution < -0.4 is 25.4 Å². The number of anilines is 2. The summed E-state index contributed by atoms with van der Waals surface area (Å²) in [5, 5.41) is 25.8. The summed E-state index contributed by atoms with van der Waals surface area (Å²) >= 11 is 24.5. The SMILES string of the molecule is O=C(O)CNC(=O)c1cc(Cl)c(OCc2cc(NCC3CC3)cc(C(F)(F)F)c2)c(Cl)c1.O=C(O)Cc1cc(Cl)c(OCc2cc(NCC3CC3)cc(C(F)(F)F)c2)c(Cl)c1. The van der Waals surface area contributed by atoms with E-state index >= 15 is 0 Å². The summed E-state index contributed by atoms with van der Waals surface area (Å²) < 4.78 is 90.7. The molecule has 0 saturated heterocycles. The quantitative estimate of drug-likeness (QED) is 0.0653. The van der Waals surface area contributed by atoms with Crippen molar-refractivity contribution in [3.8, 4) is 11.5 Å². The molecule has 4 aromatic rings. The van der Waals surface area contributed by atoms with Gasteiger partial charge in [-0.2, -0.15) is 26.3 Å². The van der Waals surface area contributed by atoms with Gasteiger partial charge < -0.3 is 35.6 Å². The van der Waals surface area contributed by atoms with Crippen LogP contribution in [-0.4, -0.2) is 47.7 Å². The maximum Gasteiger partial charge on any atom is 0.416 e. The van der Waals surface area contributed by atoms with Gasteiger partial charge in [0.25, 0.3) is 5.91 Å². The third-order valence-electron chi connectivity index (χ3n) is 9.06. The highest BCUT2D eigenvalue weighted by atomic mass is 35.5. The van der Waals surface area contributed by atoms with Gasteiger partial charge >= 0.3 is 24.3 Å². The van der Waals surface area contributed by atoms with Crippen LogP contribution in [0.15, 0.2) is 60.7 Å². The molecule has 5 N–H and O–H groups in total. The lowest BCUT2D eigenvalue weighted by Crippen LogP contribution is -2.29. The second kappa shape index (κ2) is 20.4. The molecule has 6 rings (SSSR count). The molecule has 2 fully saturated rings. The number of benzene rings is 4. The first kappa shape index (κ1) is 47.3. The fraction of sp³-hybridized carbons (Fsp3) is 0.341. The van der Waals surface area contributed by atoms with Crippen molar-refractivity contribution in [1.82, 2.24) is 5.32 Å². The molecular formula is C41H37Cl4F6N3O7. The van der Waals surface area contributed by atoms with Gasteiger partial charge in [0.2, 0.25) is 0 Å². The molecule has 0 aromatic heterocycles. The zero-order valence-corrected chi connectivity index (χ0v) is 34.7. The van der Waals surface area contributed by atoms with E-state index in [0.717, 1.165) is 49.9 Å². The molecule has 0 heterocycles. The van der Waals surface area contributed by atoms with Gasteiger partial charge in [0.1, 0.15) is 19.8 Å². The molecule has 61 heavy (non-hydrogen) atoms. The van der Waals surface area contributed by atoms with Crippen molar-refractivity contribution in [2.24, 2.45) is 11.8 Å². The molecule has 4 aromatic carbocycles. The van der Waals surface area contributed by atoms with Crippen LogP contribution in [0.4, 0.5) is 37.7 Å². The summed E-state index contributed by atoms with van der Waals surface area (Å²) in [7, 11) is 0. The summed E-state index contributed by atoms with van der Waals surface area (Å²) in [6.07, 6.45) is -4.99. The van der Waals surface area contributed by atoms with Gasteiger partial charge in [-0.3, -0.25) is 14.4 Å². The first-order valence-electron chi connectivity index (χ1n) is 18.5. The Bertz CT molecular complexity index is 2210. The Balaban J connectivity index is 0.000000232. The zero-order valence-electron chi connectivity index (χ0n) is 31.7. The molecule has 10 nitrogen and oxygen atoms in total. The molecule has 20 heteroatoms. The molecule has 2 saturated carbocycles. The summed E-state index contributed by atoms with van der Waals surface area (Å²) in [4.78, 5) is 33.4. The van der Waals surface area contributed by atoms with Gasteiger partial charge in [-0.25, -0.2) is 0 Å². The predicted octanol–water partition coefficient (Wildman–Crippen LogP) is 11.3. The van der Waals surface area contributed by atoms with Crippen LogP contribution in [-0.2, 0) is 41.6 Å². The predicted molar refractivity (Wildman–Crippen MR) is 218 cm³/mol. The fourth-order valence-electron chi connectivity index (χ4n) is 5.68. The molecule has 328 valence electrons. The van der Waals surface area contributed by atoms with E-state index in [1.165, 1.54) is 24.3 Å². The Morgan fingerprint density at radius 3 is 1.36 bits per heavy atom. The minimum Gasteiger partial charge on any atom is -0.486 e. The van der Waals surface area contributed by atoms with Crippen LogP contribution in [0.1, 0.15) is 63.9 Å². The zero-order chi connectivity index (χ0) is 44.6. The average molecular weight is 940 g/mol. The van der Waals surface area contributed by atoms with E-state index in [0.29, 0.717) is 47.4 Å². The van der Waals surface area contributed by atoms with Crippen LogP contribution in [0.3, 0.4) is 0 Å². The summed E-state index contributed by atoms with van der Waals surface area (Å²) in [6, 6.07) is 12.6. The van der Waals surface area contributed by atoms with Gasteiger partial charge in [0.05, 0.1) is 37.6 Å². The van der Waals surface area contributed by atoms with Gasteiger partial charge in [-0.1, -0.05) is 46.4 Å². The third kappa shape index (κ3) is 15.0. The second-order valence-electron chi connectivity index (χ2n) is 14.4. The van der Waals surface area contributed by atoms with Gasteiger partial charge in [-0.15, -0.1) is 0 Å². The van der Waals surface area contributed by atoms with Crippen molar-refractivity contribution in [2.75, 3.05) is 30.3 Å². The minimum atomic E-state index is -4.52. The Labute approximate surface area is 365 Å². The number of rotatable bonds is 17. The lowest BCUT2D eigenvalue weighted by Gasteiger charge is -2.15. The topological polar surface area (TPSA) is 146 Å². The molecule has 2 aliphatic carbocycles. The molecule has 1 amide bonds. The fourth-order valence-corrected chi connectivity index (χ4v) is 6.91. The maximum absolute atomic E-state index is 13.3. The Morgan fingerprint density at radius 1 is 0.590 bits per heavy atom. The Kier molecular flexibility index (Phi) is 15.8. The molecule has 2 aliphatic rings. The van der Waals surface area contributed by atoms with Crippen molar-refractivity contribution in [2.45, 2.75) is 57.7 Å². The highest BCUT2D eigenvalue weighted by Gasteiger charge is 2.33. The van der Waals surface area contributed by atoms with Crippen LogP contribution in [0.5, 0.6) is 11.5 Å². The number of halogens is 10. The average Bonchev–Trinajstić information content (AvgIpc) is 4.10. The second-order valence-corrected chi connectivity index (χ2v) is 16.0. The van der Waals surface area contributed by atoms with Crippen LogP contribution >= 0.6 is 46.4 Å². The van der Waals surface area contributed by atoms with Gasteiger partial charge in [0, 0.05) is 30.0 Å². The minimum absolute atomic E-state index is 0.00646. The maximum atomic E-state index is 13.3. The molecular weight excluding hydrogens is 902 g/mol. The van der Waals surface area contributed by atoms with Crippen molar-refractivity contribution in [3.63, 3.8) is 0 Å². The monoisotopic (exact) mass is 937 g/mol. The van der Waals surface area contributed by atoms with Crippen molar-refractivity contribution in [3.05, 3.63) is 114 Å². The van der Waals surface area contributed by atoms with E-state index in [1.807, 2.05) is 0 Å². The lowest BCUT2D eigenvalue weighted by molar-refractivity contribution is -0.138. The molecule has 0 unspecified atom stereocenters. The first-order chi connectivity index (χ1) is 28.6. The van der Waals surface area contributed by atoms with Crippen LogP contribution in [0.2, 0.25) is 20.1 Å². The molecule has 0 radical (unpaired) electrons. The summed E-state index contributed by atoms with van der Waals surface area (Å²) in [5.74, 6) is -1.89. The van der Waals surface area contributed by atoms with E-state index in [4.69, 9.17) is 66.1 Å². The van der Waals surface area contributed by atoms with Crippen LogP contribution in [0, 0.1) is 11.8 Å². The molecule has 0 atom stereocenters. The van der Waals surface area contributed by atoms with E-state index < -0.39 is 47.9 Å². The van der Waals surface area contributed by atoms with Crippen LogP contribution in [0.25, 0.3) is 0 Å². The van der Waals surface area contributed by atoms with E-state index in [2.05, 4.69) is 16.0 Å². The summed E-state index contributed by atoms with van der Waals surface area (Å²) in [5.41, 5.74) is 0.107. The number of carbonyl (C=O) groups excluding carboxylic acids is 1. The molecule has 0 spiro atoms. The number of hydrogen-bond acceptors (Lipinski definition) is 7. The number of ether oxygens (including phenoxy) is 2. The number of carbonyl (C=O) groups is 3. The number of hydrogen-bond donors (Lipinski definition) is 5. The van der Waals surface area contributed by atoms with Crippen molar-refractivity contribution < 1.29 is 60.4 Å². The standard InChI is InChI=1S/C21H19Cl2F3N2O4.C20H18Cl2F3NO3/c22-16-5-13(20(31)28-9-18(29)30)6-17(23)19(16)32-10-12-3-14(21(24,25)26)7-15(4-12)27-8-11-1-2-11;21-16-5-12(7-18(27)28)6-17(22)19(16)29-10-13-3-14(20(23,24)25)8-15(4-13)26-9-11-1-2-11/h3-7,11,27H,1-2,8-10H2,(H,28,31)(H,29,30);3-6,8,11,26H,1-2,7,9-10H2,(H,27,28). The van der Waals surface area contributed by atoms with E-state index in [9.17, 15) is 40.7 Å². The summed E-state index contributed by atoms with van der Waals surface area (Å²) in [6.45, 7) is 0.222. The van der Waals surface area contributed by atoms with Crippen molar-refractivity contribution in [1.29, 1.82) is 0 Å². The largest absolute Gasteiger partial charge is 0.486 e. The normalized spacial score (nSPS) is 13.7. The number of carboxylic acids is 2. The van der Waals surface area contributed by atoms with E-state index in [1.54, 1.807) is 12.1 Å². The van der Waals surface area contributed by atoms with Crippen molar-refractivity contribution >= 4 is 75.6 Å². The highest BCUT2D eigenvalue weighted by Crippen LogP contribution is 2.39. The number of nitrogens with one attached hydrogen (secondary N) is 3. The molecule has 0 bridgehead atoms. The van der Waals surface area contributed by atoms with E-state index in [-0.39, 0.29) is 62.4 Å². The number of aliphatic carboxylic acids is 2. The Hall–Kier alpha value is -4.77. The van der Waals surface area contributed by atoms with Gasteiger partial charge in [-0.05, 0) is 115 Å². The Morgan fingerprint density at radius 2 is 1.00 bits per heavy atom. The smallest absolute Gasteiger partial charge is 0.416 e.